The monoisotopic (exact) mass is 222 g/mol. The number of esters is 1. The third kappa shape index (κ3) is 3.26. The van der Waals surface area contributed by atoms with Crippen molar-refractivity contribution in [2.75, 3.05) is 7.11 Å². The van der Waals surface area contributed by atoms with Crippen LogP contribution < -0.4 is 0 Å². The zero-order chi connectivity index (χ0) is 12.1. The molecule has 0 radical (unpaired) electrons. The molecule has 0 unspecified atom stereocenters. The number of carbonyl (C=O) groups is 1. The van der Waals surface area contributed by atoms with Crippen LogP contribution in [0.25, 0.3) is 0 Å². The molecule has 0 aliphatic heterocycles. The average Bonchev–Trinajstić information content (AvgIpc) is 2.27. The lowest BCUT2D eigenvalue weighted by Gasteiger charge is -2.18. The van der Waals surface area contributed by atoms with E-state index in [9.17, 15) is 4.79 Å². The molecule has 3 nitrogen and oxygen atoms in total. The van der Waals surface area contributed by atoms with Crippen molar-refractivity contribution in [1.29, 1.82) is 0 Å². The van der Waals surface area contributed by atoms with Gasteiger partial charge in [0.15, 0.2) is 0 Å². The number of phenolic OH excluding ortho intramolecular Hbond substituents is 1. The van der Waals surface area contributed by atoms with Crippen molar-refractivity contribution in [3.8, 4) is 5.75 Å². The Balaban J connectivity index is 2.75. The van der Waals surface area contributed by atoms with Gasteiger partial charge in [-0.3, -0.25) is 4.79 Å². The number of aromatic hydroxyl groups is 1. The van der Waals surface area contributed by atoms with Gasteiger partial charge in [0.05, 0.1) is 13.0 Å². The number of ether oxygens (including phenoxy) is 1. The van der Waals surface area contributed by atoms with Gasteiger partial charge in [0.2, 0.25) is 0 Å². The van der Waals surface area contributed by atoms with E-state index in [4.69, 9.17) is 9.84 Å². The maximum atomic E-state index is 11.6. The van der Waals surface area contributed by atoms with Gasteiger partial charge in [0, 0.05) is 0 Å². The molecule has 0 bridgehead atoms. The second-order valence-electron chi connectivity index (χ2n) is 4.24. The molecule has 1 atom stereocenters. The SMILES string of the molecule is COC(=O)[C@@H](Cc1ccc(O)cc1)C(C)C. The minimum absolute atomic E-state index is 0.130. The third-order valence-corrected chi connectivity index (χ3v) is 2.70. The zero-order valence-electron chi connectivity index (χ0n) is 9.93. The van der Waals surface area contributed by atoms with Gasteiger partial charge in [-0.15, -0.1) is 0 Å². The highest BCUT2D eigenvalue weighted by Gasteiger charge is 2.23. The van der Waals surface area contributed by atoms with E-state index in [2.05, 4.69) is 0 Å². The van der Waals surface area contributed by atoms with Gasteiger partial charge < -0.3 is 9.84 Å². The molecule has 1 N–H and O–H groups in total. The van der Waals surface area contributed by atoms with Gasteiger partial charge in [0.25, 0.3) is 0 Å². The van der Waals surface area contributed by atoms with Crippen LogP contribution in [0.5, 0.6) is 5.75 Å². The highest BCUT2D eigenvalue weighted by molar-refractivity contribution is 5.72. The van der Waals surface area contributed by atoms with Gasteiger partial charge in [-0.25, -0.2) is 0 Å². The summed E-state index contributed by atoms with van der Waals surface area (Å²) in [4.78, 5) is 11.6. The Bertz CT molecular complexity index is 341. The molecule has 0 fully saturated rings. The van der Waals surface area contributed by atoms with E-state index < -0.39 is 0 Å². The molecule has 0 spiro atoms. The van der Waals surface area contributed by atoms with Crippen LogP contribution in [-0.4, -0.2) is 18.2 Å². The first-order valence-corrected chi connectivity index (χ1v) is 5.40. The first-order valence-electron chi connectivity index (χ1n) is 5.40. The van der Waals surface area contributed by atoms with Crippen molar-refractivity contribution in [3.63, 3.8) is 0 Å². The average molecular weight is 222 g/mol. The molecule has 88 valence electrons. The van der Waals surface area contributed by atoms with Crippen LogP contribution in [0.4, 0.5) is 0 Å². The number of hydrogen-bond acceptors (Lipinski definition) is 3. The normalized spacial score (nSPS) is 12.5. The first kappa shape index (κ1) is 12.6. The smallest absolute Gasteiger partial charge is 0.309 e. The number of benzene rings is 1. The predicted octanol–water partition coefficient (Wildman–Crippen LogP) is 2.38. The second kappa shape index (κ2) is 5.54. The zero-order valence-corrected chi connectivity index (χ0v) is 9.93. The van der Waals surface area contributed by atoms with E-state index in [1.807, 2.05) is 26.0 Å². The Morgan fingerprint density at radius 1 is 1.31 bits per heavy atom. The van der Waals surface area contributed by atoms with Crippen LogP contribution in [0.3, 0.4) is 0 Å². The van der Waals surface area contributed by atoms with Crippen LogP contribution in [0.1, 0.15) is 19.4 Å². The number of carbonyl (C=O) groups excluding carboxylic acids is 1. The molecule has 16 heavy (non-hydrogen) atoms. The highest BCUT2D eigenvalue weighted by atomic mass is 16.5. The summed E-state index contributed by atoms with van der Waals surface area (Å²) in [5, 5.41) is 9.16. The fraction of sp³-hybridized carbons (Fsp3) is 0.462. The Labute approximate surface area is 96.1 Å². The van der Waals surface area contributed by atoms with Gasteiger partial charge in [-0.1, -0.05) is 26.0 Å². The van der Waals surface area contributed by atoms with Crippen LogP contribution in [-0.2, 0) is 16.0 Å². The van der Waals surface area contributed by atoms with E-state index in [0.717, 1.165) is 5.56 Å². The number of rotatable bonds is 4. The topological polar surface area (TPSA) is 46.5 Å². The van der Waals surface area contributed by atoms with Crippen molar-refractivity contribution >= 4 is 5.97 Å². The number of phenols is 1. The molecule has 3 heteroatoms. The van der Waals surface area contributed by atoms with Crippen molar-refractivity contribution < 1.29 is 14.6 Å². The minimum Gasteiger partial charge on any atom is -0.508 e. The fourth-order valence-electron chi connectivity index (χ4n) is 1.63. The summed E-state index contributed by atoms with van der Waals surface area (Å²) in [7, 11) is 1.41. The molecule has 0 aromatic heterocycles. The molecular weight excluding hydrogens is 204 g/mol. The Morgan fingerprint density at radius 3 is 2.31 bits per heavy atom. The lowest BCUT2D eigenvalue weighted by atomic mass is 9.89. The molecule has 1 rings (SSSR count). The molecule has 1 aromatic carbocycles. The van der Waals surface area contributed by atoms with E-state index in [-0.39, 0.29) is 23.6 Å². The molecule has 0 aliphatic rings. The van der Waals surface area contributed by atoms with Crippen LogP contribution in [0, 0.1) is 11.8 Å². The molecular formula is C13H18O3. The summed E-state index contributed by atoms with van der Waals surface area (Å²) >= 11 is 0. The Morgan fingerprint density at radius 2 is 1.88 bits per heavy atom. The van der Waals surface area contributed by atoms with Crippen molar-refractivity contribution in [2.45, 2.75) is 20.3 Å². The van der Waals surface area contributed by atoms with Crippen LogP contribution in [0.15, 0.2) is 24.3 Å². The van der Waals surface area contributed by atoms with E-state index in [1.54, 1.807) is 12.1 Å². The summed E-state index contributed by atoms with van der Waals surface area (Å²) in [5.74, 6) is 0.168. The van der Waals surface area contributed by atoms with Gasteiger partial charge in [-0.2, -0.15) is 0 Å². The molecule has 0 amide bonds. The lowest BCUT2D eigenvalue weighted by molar-refractivity contribution is -0.146. The molecule has 1 aromatic rings. The number of methoxy groups -OCH3 is 1. The van der Waals surface area contributed by atoms with Crippen molar-refractivity contribution in [2.24, 2.45) is 11.8 Å². The molecule has 0 saturated carbocycles. The van der Waals surface area contributed by atoms with Crippen LogP contribution in [0.2, 0.25) is 0 Å². The lowest BCUT2D eigenvalue weighted by Crippen LogP contribution is -2.23. The largest absolute Gasteiger partial charge is 0.508 e. The summed E-state index contributed by atoms with van der Waals surface area (Å²) in [6, 6.07) is 6.91. The number of hydrogen-bond donors (Lipinski definition) is 1. The third-order valence-electron chi connectivity index (χ3n) is 2.70. The van der Waals surface area contributed by atoms with Crippen molar-refractivity contribution in [3.05, 3.63) is 29.8 Å². The molecule has 0 saturated heterocycles. The maximum absolute atomic E-state index is 11.6. The van der Waals surface area contributed by atoms with E-state index in [0.29, 0.717) is 6.42 Å². The fourth-order valence-corrected chi connectivity index (χ4v) is 1.63. The van der Waals surface area contributed by atoms with E-state index >= 15 is 0 Å². The predicted molar refractivity (Wildman–Crippen MR) is 62.2 cm³/mol. The summed E-state index contributed by atoms with van der Waals surface area (Å²) in [6.07, 6.45) is 0.643. The quantitative estimate of drug-likeness (QED) is 0.795. The summed E-state index contributed by atoms with van der Waals surface area (Å²) < 4.78 is 4.78. The minimum atomic E-state index is -0.178. The van der Waals surface area contributed by atoms with Crippen molar-refractivity contribution in [1.82, 2.24) is 0 Å². The maximum Gasteiger partial charge on any atom is 0.309 e. The molecule has 0 aliphatic carbocycles. The highest BCUT2D eigenvalue weighted by Crippen LogP contribution is 2.20. The second-order valence-corrected chi connectivity index (χ2v) is 4.24. The van der Waals surface area contributed by atoms with Gasteiger partial charge in [-0.05, 0) is 30.0 Å². The first-order chi connectivity index (χ1) is 7.54. The van der Waals surface area contributed by atoms with Gasteiger partial charge in [0.1, 0.15) is 5.75 Å². The summed E-state index contributed by atoms with van der Waals surface area (Å²) in [6.45, 7) is 4.00. The summed E-state index contributed by atoms with van der Waals surface area (Å²) in [5.41, 5.74) is 1.03. The van der Waals surface area contributed by atoms with Crippen LogP contribution >= 0.6 is 0 Å². The Kier molecular flexibility index (Phi) is 4.35. The molecule has 0 heterocycles. The standard InChI is InChI=1S/C13H18O3/c1-9(2)12(13(15)16-3)8-10-4-6-11(14)7-5-10/h4-7,9,12,14H,8H2,1-3H3/t12-/m0/s1. The Hall–Kier alpha value is -1.51. The van der Waals surface area contributed by atoms with Gasteiger partial charge >= 0.3 is 5.97 Å². The van der Waals surface area contributed by atoms with E-state index in [1.165, 1.54) is 7.11 Å².